The Morgan fingerprint density at radius 3 is 2.89 bits per heavy atom. The van der Waals surface area contributed by atoms with Gasteiger partial charge in [-0.1, -0.05) is 52.9 Å². The number of amides is 1. The van der Waals surface area contributed by atoms with Gasteiger partial charge in [-0.15, -0.1) is 10.2 Å². The molecule has 0 saturated carbocycles. The van der Waals surface area contributed by atoms with Crippen LogP contribution in [0.1, 0.15) is 5.56 Å². The molecule has 1 N–H and O–H groups in total. The molecule has 0 radical (unpaired) electrons. The molecule has 1 aromatic carbocycles. The Hall–Kier alpha value is -1.11. The molecule has 2 aromatic rings. The van der Waals surface area contributed by atoms with E-state index in [0.29, 0.717) is 10.2 Å². The van der Waals surface area contributed by atoms with Crippen molar-refractivity contribution in [3.63, 3.8) is 0 Å². The topological polar surface area (TPSA) is 54.9 Å². The van der Waals surface area contributed by atoms with Gasteiger partial charge >= 0.3 is 0 Å². The van der Waals surface area contributed by atoms with Crippen molar-refractivity contribution < 1.29 is 4.79 Å². The minimum atomic E-state index is -0.146. The largest absolute Gasteiger partial charge is 0.300 e. The van der Waals surface area contributed by atoms with Gasteiger partial charge in [-0.05, 0) is 17.9 Å². The molecule has 1 heterocycles. The van der Waals surface area contributed by atoms with E-state index in [9.17, 15) is 4.79 Å². The van der Waals surface area contributed by atoms with Crippen LogP contribution in [0.4, 0.5) is 5.13 Å². The Kier molecular flexibility index (Phi) is 4.57. The second-order valence-corrected chi connectivity index (χ2v) is 5.83. The number of thioether (sulfide) groups is 1. The Morgan fingerprint density at radius 1 is 1.44 bits per heavy atom. The summed E-state index contributed by atoms with van der Waals surface area (Å²) in [6.07, 6.45) is 2.14. The van der Waals surface area contributed by atoms with E-state index in [2.05, 4.69) is 15.5 Å². The third-order valence-electron chi connectivity index (χ3n) is 2.14. The van der Waals surface area contributed by atoms with Crippen LogP contribution in [0, 0.1) is 0 Å². The third-order valence-corrected chi connectivity index (χ3v) is 4.32. The van der Waals surface area contributed by atoms with Crippen LogP contribution in [0.25, 0.3) is 0 Å². The number of halogens is 1. The molecular weight excluding hydrogens is 290 g/mol. The number of nitrogens with one attached hydrogen (secondary N) is 1. The number of anilines is 1. The van der Waals surface area contributed by atoms with Crippen LogP contribution in [-0.2, 0) is 11.2 Å². The molecule has 0 saturated heterocycles. The summed E-state index contributed by atoms with van der Waals surface area (Å²) in [6.45, 7) is 0. The van der Waals surface area contributed by atoms with Gasteiger partial charge in [0.15, 0.2) is 4.34 Å². The Labute approximate surface area is 118 Å². The lowest BCUT2D eigenvalue weighted by Gasteiger charge is -2.03. The number of hydrogen-bond acceptors (Lipinski definition) is 5. The minimum Gasteiger partial charge on any atom is -0.300 e. The average Bonchev–Trinajstić information content (AvgIpc) is 2.80. The predicted octanol–water partition coefficient (Wildman–Crippen LogP) is 3.09. The van der Waals surface area contributed by atoms with E-state index in [-0.39, 0.29) is 12.3 Å². The molecule has 1 amide bonds. The smallest absolute Gasteiger partial charge is 0.230 e. The summed E-state index contributed by atoms with van der Waals surface area (Å²) < 4.78 is 0.822. The van der Waals surface area contributed by atoms with E-state index in [1.807, 2.05) is 24.5 Å². The standard InChI is InChI=1S/C11H10ClN3OS2/c1-17-11-15-14-10(18-11)13-9(16)6-7-4-2-3-5-8(7)12/h2-5H,6H2,1H3,(H,13,14,16). The highest BCUT2D eigenvalue weighted by Gasteiger charge is 2.10. The first-order valence-electron chi connectivity index (χ1n) is 5.10. The maximum Gasteiger partial charge on any atom is 0.230 e. The zero-order chi connectivity index (χ0) is 13.0. The summed E-state index contributed by atoms with van der Waals surface area (Å²) in [6, 6.07) is 7.28. The molecule has 0 unspecified atom stereocenters. The molecule has 0 bridgehead atoms. The Morgan fingerprint density at radius 2 is 2.22 bits per heavy atom. The number of benzene rings is 1. The molecule has 0 aliphatic carbocycles. The van der Waals surface area contributed by atoms with Crippen LogP contribution < -0.4 is 5.32 Å². The van der Waals surface area contributed by atoms with Gasteiger partial charge in [0, 0.05) is 5.02 Å². The number of aromatic nitrogens is 2. The van der Waals surface area contributed by atoms with Crippen LogP contribution in [0.2, 0.25) is 5.02 Å². The van der Waals surface area contributed by atoms with Crippen molar-refractivity contribution in [1.82, 2.24) is 10.2 Å². The van der Waals surface area contributed by atoms with E-state index in [4.69, 9.17) is 11.6 Å². The predicted molar refractivity (Wildman–Crippen MR) is 75.5 cm³/mol. The van der Waals surface area contributed by atoms with E-state index in [1.165, 1.54) is 23.1 Å². The highest BCUT2D eigenvalue weighted by atomic mass is 35.5. The van der Waals surface area contributed by atoms with Crippen molar-refractivity contribution in [2.75, 3.05) is 11.6 Å². The van der Waals surface area contributed by atoms with E-state index in [0.717, 1.165) is 9.90 Å². The van der Waals surface area contributed by atoms with Crippen molar-refractivity contribution in [3.05, 3.63) is 34.9 Å². The first-order chi connectivity index (χ1) is 8.69. The normalized spacial score (nSPS) is 10.3. The summed E-state index contributed by atoms with van der Waals surface area (Å²) in [7, 11) is 0. The maximum absolute atomic E-state index is 11.8. The SMILES string of the molecule is CSc1nnc(NC(=O)Cc2ccccc2Cl)s1. The van der Waals surface area contributed by atoms with Crippen LogP contribution in [0.5, 0.6) is 0 Å². The van der Waals surface area contributed by atoms with Gasteiger partial charge in [-0.3, -0.25) is 4.79 Å². The molecule has 0 atom stereocenters. The summed E-state index contributed by atoms with van der Waals surface area (Å²) in [5.74, 6) is -0.146. The monoisotopic (exact) mass is 299 g/mol. The molecule has 7 heteroatoms. The van der Waals surface area contributed by atoms with Gasteiger partial charge in [0.25, 0.3) is 0 Å². The van der Waals surface area contributed by atoms with E-state index >= 15 is 0 Å². The molecular formula is C11H10ClN3OS2. The second kappa shape index (κ2) is 6.17. The van der Waals surface area contributed by atoms with Gasteiger partial charge in [-0.2, -0.15) is 0 Å². The fourth-order valence-electron chi connectivity index (χ4n) is 1.32. The van der Waals surface area contributed by atoms with Crippen LogP contribution in [0.3, 0.4) is 0 Å². The van der Waals surface area contributed by atoms with Crippen LogP contribution in [0.15, 0.2) is 28.6 Å². The van der Waals surface area contributed by atoms with Crippen molar-refractivity contribution in [2.24, 2.45) is 0 Å². The summed E-state index contributed by atoms with van der Waals surface area (Å²) in [4.78, 5) is 11.8. The lowest BCUT2D eigenvalue weighted by atomic mass is 10.1. The van der Waals surface area contributed by atoms with E-state index in [1.54, 1.807) is 6.07 Å². The van der Waals surface area contributed by atoms with Crippen molar-refractivity contribution in [2.45, 2.75) is 10.8 Å². The first kappa shape index (κ1) is 13.3. The average molecular weight is 300 g/mol. The molecule has 18 heavy (non-hydrogen) atoms. The number of carbonyl (C=O) groups is 1. The van der Waals surface area contributed by atoms with Crippen molar-refractivity contribution in [1.29, 1.82) is 0 Å². The van der Waals surface area contributed by atoms with Crippen molar-refractivity contribution in [3.8, 4) is 0 Å². The van der Waals surface area contributed by atoms with Gasteiger partial charge < -0.3 is 5.32 Å². The second-order valence-electron chi connectivity index (χ2n) is 3.39. The summed E-state index contributed by atoms with van der Waals surface area (Å²) in [5, 5.41) is 11.6. The number of nitrogens with zero attached hydrogens (tertiary/aromatic N) is 2. The molecule has 0 aliphatic rings. The van der Waals surface area contributed by atoms with Crippen LogP contribution in [-0.4, -0.2) is 22.4 Å². The highest BCUT2D eigenvalue weighted by molar-refractivity contribution is 8.00. The quantitative estimate of drug-likeness (QED) is 0.696. The van der Waals surface area contributed by atoms with Gasteiger partial charge in [0.2, 0.25) is 11.0 Å². The number of carbonyl (C=O) groups excluding carboxylic acids is 1. The minimum absolute atomic E-state index is 0.146. The third kappa shape index (κ3) is 3.44. The zero-order valence-corrected chi connectivity index (χ0v) is 11.9. The molecule has 4 nitrogen and oxygen atoms in total. The molecule has 0 fully saturated rings. The fraction of sp³-hybridized carbons (Fsp3) is 0.182. The van der Waals surface area contributed by atoms with Crippen LogP contribution >= 0.6 is 34.7 Å². The fourth-order valence-corrected chi connectivity index (χ4v) is 2.71. The molecule has 94 valence electrons. The first-order valence-corrected chi connectivity index (χ1v) is 7.51. The summed E-state index contributed by atoms with van der Waals surface area (Å²) >= 11 is 8.84. The Bertz CT molecular complexity index is 559. The lowest BCUT2D eigenvalue weighted by Crippen LogP contribution is -2.14. The van der Waals surface area contributed by atoms with Gasteiger partial charge in [0.1, 0.15) is 0 Å². The number of hydrogen-bond donors (Lipinski definition) is 1. The maximum atomic E-state index is 11.8. The highest BCUT2D eigenvalue weighted by Crippen LogP contribution is 2.23. The lowest BCUT2D eigenvalue weighted by molar-refractivity contribution is -0.115. The molecule has 0 spiro atoms. The summed E-state index contributed by atoms with van der Waals surface area (Å²) in [5.41, 5.74) is 0.797. The molecule has 0 aliphatic heterocycles. The van der Waals surface area contributed by atoms with Crippen molar-refractivity contribution >= 4 is 45.7 Å². The molecule has 2 rings (SSSR count). The van der Waals surface area contributed by atoms with Gasteiger partial charge in [-0.25, -0.2) is 0 Å². The molecule has 1 aromatic heterocycles. The number of rotatable bonds is 4. The Balaban J connectivity index is 1.99. The van der Waals surface area contributed by atoms with Gasteiger partial charge in [0.05, 0.1) is 6.42 Å². The van der Waals surface area contributed by atoms with E-state index < -0.39 is 0 Å². The zero-order valence-electron chi connectivity index (χ0n) is 9.51.